The van der Waals surface area contributed by atoms with E-state index in [9.17, 15) is 14.4 Å². The summed E-state index contributed by atoms with van der Waals surface area (Å²) < 4.78 is 31.1. The third-order valence-electron chi connectivity index (χ3n) is 3.89. The zero-order valence-electron chi connectivity index (χ0n) is 12.5. The third-order valence-corrected chi connectivity index (χ3v) is 6.10. The average Bonchev–Trinajstić information content (AvgIpc) is 2.47. The zero-order valence-corrected chi connectivity index (χ0v) is 15.1. The molecule has 2 unspecified atom stereocenters. The van der Waals surface area contributed by atoms with Crippen molar-refractivity contribution in [1.29, 1.82) is 0 Å². The molecular weight excluding hydrogens is 350 g/mol. The van der Waals surface area contributed by atoms with Gasteiger partial charge in [-0.1, -0.05) is 38.5 Å². The standard InChI is InChI=1S/C12H24O7P2S/c13-20(14,16-11-7-3-1-4-8-11)18-19-21(15,22)17-12-9-5-2-6-10-12/h11-12H,1-10H2,(H,13,14)(H,15,22). The molecule has 0 spiro atoms. The van der Waals surface area contributed by atoms with E-state index < -0.39 is 14.5 Å². The Bertz CT molecular complexity index is 395. The Balaban J connectivity index is 1.76. The lowest BCUT2D eigenvalue weighted by molar-refractivity contribution is -0.147. The van der Waals surface area contributed by atoms with Gasteiger partial charge in [-0.15, -0.1) is 9.35 Å². The molecule has 0 aromatic rings. The van der Waals surface area contributed by atoms with E-state index in [1.54, 1.807) is 0 Å². The van der Waals surface area contributed by atoms with Crippen LogP contribution in [0.5, 0.6) is 0 Å². The minimum Gasteiger partial charge on any atom is -0.323 e. The van der Waals surface area contributed by atoms with Crippen molar-refractivity contribution in [3.05, 3.63) is 0 Å². The normalized spacial score (nSPS) is 27.2. The number of phosphoric acid groups is 1. The number of hydrogen-bond acceptors (Lipinski definition) is 6. The number of hydrogen-bond donors (Lipinski definition) is 2. The van der Waals surface area contributed by atoms with Crippen LogP contribution < -0.4 is 0 Å². The highest BCUT2D eigenvalue weighted by molar-refractivity contribution is 8.07. The molecule has 2 N–H and O–H groups in total. The Hall–Kier alpha value is 0.640. The van der Waals surface area contributed by atoms with Crippen LogP contribution in [0.4, 0.5) is 0 Å². The molecule has 0 bridgehead atoms. The van der Waals surface area contributed by atoms with Crippen molar-refractivity contribution in [2.24, 2.45) is 0 Å². The molecule has 10 heteroatoms. The van der Waals surface area contributed by atoms with Crippen molar-refractivity contribution >= 4 is 26.3 Å². The van der Waals surface area contributed by atoms with Crippen LogP contribution in [-0.2, 0) is 34.8 Å². The molecule has 22 heavy (non-hydrogen) atoms. The summed E-state index contributed by atoms with van der Waals surface area (Å²) in [4.78, 5) is 19.5. The lowest BCUT2D eigenvalue weighted by atomic mass is 9.98. The summed E-state index contributed by atoms with van der Waals surface area (Å²) in [6.45, 7) is -3.71. The minimum absolute atomic E-state index is 0.189. The Morgan fingerprint density at radius 1 is 0.773 bits per heavy atom. The van der Waals surface area contributed by atoms with Crippen molar-refractivity contribution in [3.63, 3.8) is 0 Å². The SMILES string of the molecule is O=P(O)(OOP(O)(=S)OC1CCCCC1)OC1CCCCC1. The van der Waals surface area contributed by atoms with Gasteiger partial charge in [-0.25, -0.2) is 4.57 Å². The first-order chi connectivity index (χ1) is 10.4. The molecule has 2 fully saturated rings. The highest BCUT2D eigenvalue weighted by Gasteiger charge is 2.33. The monoisotopic (exact) mass is 374 g/mol. The molecule has 2 saturated carbocycles. The molecule has 2 aliphatic carbocycles. The van der Waals surface area contributed by atoms with Crippen LogP contribution in [0.1, 0.15) is 64.2 Å². The molecule has 2 aliphatic rings. The fraction of sp³-hybridized carbons (Fsp3) is 1.00. The van der Waals surface area contributed by atoms with E-state index in [1.165, 1.54) is 0 Å². The predicted octanol–water partition coefficient (Wildman–Crippen LogP) is 3.95. The van der Waals surface area contributed by atoms with Gasteiger partial charge in [-0.05, 0) is 37.5 Å². The van der Waals surface area contributed by atoms with E-state index in [-0.39, 0.29) is 12.2 Å². The lowest BCUT2D eigenvalue weighted by Crippen LogP contribution is -2.17. The van der Waals surface area contributed by atoms with Gasteiger partial charge < -0.3 is 14.3 Å². The van der Waals surface area contributed by atoms with Crippen molar-refractivity contribution in [2.45, 2.75) is 76.4 Å². The Morgan fingerprint density at radius 3 is 1.73 bits per heavy atom. The molecule has 0 amide bonds. The number of phosphoric ester groups is 1. The van der Waals surface area contributed by atoms with Crippen LogP contribution in [0.15, 0.2) is 0 Å². The van der Waals surface area contributed by atoms with Crippen LogP contribution in [0.25, 0.3) is 0 Å². The first-order valence-corrected chi connectivity index (χ1v) is 11.9. The maximum Gasteiger partial charge on any atom is 0.500 e. The Morgan fingerprint density at radius 2 is 1.23 bits per heavy atom. The molecule has 0 aromatic carbocycles. The Kier molecular flexibility index (Phi) is 7.46. The van der Waals surface area contributed by atoms with Crippen molar-refractivity contribution in [2.75, 3.05) is 0 Å². The quantitative estimate of drug-likeness (QED) is 0.393. The van der Waals surface area contributed by atoms with Gasteiger partial charge in [0.15, 0.2) is 0 Å². The zero-order chi connectivity index (χ0) is 16.1. The third kappa shape index (κ3) is 7.04. The molecule has 130 valence electrons. The van der Waals surface area contributed by atoms with Gasteiger partial charge in [-0.3, -0.25) is 4.52 Å². The molecule has 0 saturated heterocycles. The van der Waals surface area contributed by atoms with Crippen LogP contribution in [0.2, 0.25) is 0 Å². The molecule has 2 rings (SSSR count). The summed E-state index contributed by atoms with van der Waals surface area (Å²) in [5.74, 6) is 0. The molecule has 0 radical (unpaired) electrons. The molecular formula is C12H24O7P2S. The van der Waals surface area contributed by atoms with Crippen LogP contribution in [-0.4, -0.2) is 22.0 Å². The molecule has 0 aromatic heterocycles. The van der Waals surface area contributed by atoms with E-state index in [1.807, 2.05) is 0 Å². The summed E-state index contributed by atoms with van der Waals surface area (Å²) in [6.07, 6.45) is 8.62. The van der Waals surface area contributed by atoms with Gasteiger partial charge in [0, 0.05) is 0 Å². The number of rotatable bonds is 7. The van der Waals surface area contributed by atoms with Crippen molar-refractivity contribution < 1.29 is 32.7 Å². The highest BCUT2D eigenvalue weighted by Crippen LogP contribution is 2.55. The molecule has 0 aliphatic heterocycles. The van der Waals surface area contributed by atoms with Crippen LogP contribution >= 0.6 is 14.5 Å². The first kappa shape index (κ1) is 19.0. The largest absolute Gasteiger partial charge is 0.500 e. The summed E-state index contributed by atoms with van der Waals surface area (Å²) in [5, 5.41) is 0. The van der Waals surface area contributed by atoms with Crippen molar-refractivity contribution in [1.82, 2.24) is 0 Å². The summed E-state index contributed by atoms with van der Waals surface area (Å²) in [7, 11) is -4.41. The van der Waals surface area contributed by atoms with Crippen LogP contribution in [0, 0.1) is 0 Å². The maximum atomic E-state index is 11.8. The van der Waals surface area contributed by atoms with Gasteiger partial charge in [0.1, 0.15) is 0 Å². The Labute approximate surface area is 136 Å². The first-order valence-electron chi connectivity index (χ1n) is 7.77. The van der Waals surface area contributed by atoms with E-state index in [0.29, 0.717) is 12.8 Å². The van der Waals surface area contributed by atoms with E-state index in [0.717, 1.165) is 51.4 Å². The predicted molar refractivity (Wildman–Crippen MR) is 84.4 cm³/mol. The second-order valence-electron chi connectivity index (χ2n) is 5.82. The van der Waals surface area contributed by atoms with E-state index in [4.69, 9.17) is 20.9 Å². The lowest BCUT2D eigenvalue weighted by Gasteiger charge is -2.26. The topological polar surface area (TPSA) is 94.5 Å². The maximum absolute atomic E-state index is 11.8. The fourth-order valence-electron chi connectivity index (χ4n) is 2.84. The van der Waals surface area contributed by atoms with Gasteiger partial charge in [0.2, 0.25) is 0 Å². The molecule has 2 atom stereocenters. The van der Waals surface area contributed by atoms with Crippen LogP contribution in [0.3, 0.4) is 0 Å². The summed E-state index contributed by atoms with van der Waals surface area (Å²) >= 11 is 4.81. The summed E-state index contributed by atoms with van der Waals surface area (Å²) in [6, 6.07) is 0. The highest BCUT2D eigenvalue weighted by atomic mass is 32.5. The fourth-order valence-corrected chi connectivity index (χ4v) is 5.37. The molecule has 0 heterocycles. The van der Waals surface area contributed by atoms with Gasteiger partial charge in [-0.2, -0.15) is 0 Å². The molecule has 7 nitrogen and oxygen atoms in total. The minimum atomic E-state index is -4.41. The van der Waals surface area contributed by atoms with Crippen molar-refractivity contribution in [3.8, 4) is 0 Å². The second-order valence-corrected chi connectivity index (χ2v) is 9.80. The van der Waals surface area contributed by atoms with Gasteiger partial charge in [0.25, 0.3) is 0 Å². The second kappa shape index (κ2) is 8.65. The van der Waals surface area contributed by atoms with E-state index in [2.05, 4.69) is 9.35 Å². The summed E-state index contributed by atoms with van der Waals surface area (Å²) in [5.41, 5.74) is 0. The van der Waals surface area contributed by atoms with Gasteiger partial charge in [0.05, 0.1) is 12.2 Å². The average molecular weight is 374 g/mol. The smallest absolute Gasteiger partial charge is 0.323 e. The van der Waals surface area contributed by atoms with E-state index >= 15 is 0 Å². The van der Waals surface area contributed by atoms with Gasteiger partial charge >= 0.3 is 14.5 Å².